The predicted octanol–water partition coefficient (Wildman–Crippen LogP) is 15.6. The molecular formula is C48H84N+. The average Bonchev–Trinajstić information content (AvgIpc) is 3.12. The minimum absolute atomic E-state index is 1.00. The number of benzene rings is 1. The van der Waals surface area contributed by atoms with Crippen molar-refractivity contribution in [2.75, 3.05) is 0 Å². The summed E-state index contributed by atoms with van der Waals surface area (Å²) < 4.78 is 2.57. The first-order valence-electron chi connectivity index (χ1n) is 22.4. The van der Waals surface area contributed by atoms with Gasteiger partial charge >= 0.3 is 0 Å². The average molecular weight is 675 g/mol. The van der Waals surface area contributed by atoms with Crippen LogP contribution >= 0.6 is 0 Å². The van der Waals surface area contributed by atoms with Crippen LogP contribution in [0.3, 0.4) is 0 Å². The normalized spacial score (nSPS) is 11.5. The molecule has 0 saturated heterocycles. The van der Waals surface area contributed by atoms with E-state index in [1.54, 1.807) is 11.3 Å². The highest BCUT2D eigenvalue weighted by atomic mass is 15.0. The minimum atomic E-state index is 1.00. The molecule has 1 aromatic heterocycles. The topological polar surface area (TPSA) is 3.88 Å². The molecule has 2 aromatic rings. The van der Waals surface area contributed by atoms with Gasteiger partial charge in [0.15, 0.2) is 18.4 Å². The molecule has 280 valence electrons. The zero-order valence-electron chi connectivity index (χ0n) is 33.3. The molecule has 0 saturated carbocycles. The van der Waals surface area contributed by atoms with Gasteiger partial charge in [0.05, 0.1) is 0 Å². The number of nitrogens with zero attached hydrogens (tertiary/aromatic N) is 1. The van der Waals surface area contributed by atoms with Gasteiger partial charge in [-0.1, -0.05) is 237 Å². The van der Waals surface area contributed by atoms with E-state index < -0.39 is 0 Å². The van der Waals surface area contributed by atoms with Crippen LogP contribution < -0.4 is 4.57 Å². The molecule has 49 heavy (non-hydrogen) atoms. The molecule has 0 aliphatic carbocycles. The first-order valence-corrected chi connectivity index (χ1v) is 22.4. The monoisotopic (exact) mass is 675 g/mol. The van der Waals surface area contributed by atoms with Crippen molar-refractivity contribution in [2.45, 2.75) is 239 Å². The molecule has 0 spiro atoms. The molecule has 0 amide bonds. The van der Waals surface area contributed by atoms with Crippen LogP contribution in [0.4, 0.5) is 0 Å². The molecule has 0 fully saturated rings. The minimum Gasteiger partial charge on any atom is -0.198 e. The van der Waals surface area contributed by atoms with Crippen LogP contribution in [-0.2, 0) is 19.4 Å². The summed E-state index contributed by atoms with van der Waals surface area (Å²) in [5.41, 5.74) is 4.64. The van der Waals surface area contributed by atoms with E-state index >= 15 is 0 Å². The van der Waals surface area contributed by atoms with Gasteiger partial charge in [0.2, 0.25) is 0 Å². The van der Waals surface area contributed by atoms with E-state index in [1.165, 1.54) is 224 Å². The van der Waals surface area contributed by atoms with Gasteiger partial charge in [-0.05, 0) is 25.3 Å². The summed E-state index contributed by atoms with van der Waals surface area (Å²) in [6.07, 6.45) is 50.8. The van der Waals surface area contributed by atoms with E-state index in [9.17, 15) is 0 Å². The largest absolute Gasteiger partial charge is 0.198 e. The summed E-state index contributed by atoms with van der Waals surface area (Å²) >= 11 is 0. The number of pyridine rings is 1. The molecule has 0 N–H and O–H groups in total. The van der Waals surface area contributed by atoms with Crippen molar-refractivity contribution in [2.24, 2.45) is 0 Å². The quantitative estimate of drug-likeness (QED) is 0.0500. The van der Waals surface area contributed by atoms with Gasteiger partial charge in [-0.25, -0.2) is 0 Å². The molecule has 1 heterocycles. The smallest absolute Gasteiger partial charge is 0.184 e. The van der Waals surface area contributed by atoms with E-state index in [0.717, 1.165) is 6.54 Å². The number of aromatic nitrogens is 1. The van der Waals surface area contributed by atoms with Gasteiger partial charge in [0.1, 0.15) is 0 Å². The summed E-state index contributed by atoms with van der Waals surface area (Å²) in [7, 11) is 0. The Kier molecular flexibility index (Phi) is 29.8. The van der Waals surface area contributed by atoms with Gasteiger partial charge in [-0.15, -0.1) is 0 Å². The van der Waals surface area contributed by atoms with Gasteiger partial charge < -0.3 is 0 Å². The summed E-state index contributed by atoms with van der Waals surface area (Å²) in [6.45, 7) is 5.62. The Bertz CT molecular complexity index is 949. The lowest BCUT2D eigenvalue weighted by atomic mass is 9.99. The van der Waals surface area contributed by atoms with Crippen LogP contribution in [0.1, 0.15) is 236 Å². The Labute approximate surface area is 307 Å². The Morgan fingerprint density at radius 1 is 0.347 bits per heavy atom. The molecule has 1 aromatic carbocycles. The maximum atomic E-state index is 2.57. The van der Waals surface area contributed by atoms with Crippen molar-refractivity contribution >= 4 is 0 Å². The second-order valence-corrected chi connectivity index (χ2v) is 15.7. The van der Waals surface area contributed by atoms with Gasteiger partial charge in [-0.2, -0.15) is 4.57 Å². The van der Waals surface area contributed by atoms with Crippen molar-refractivity contribution in [3.63, 3.8) is 0 Å². The third-order valence-corrected chi connectivity index (χ3v) is 11.0. The van der Waals surface area contributed by atoms with Crippen LogP contribution in [0, 0.1) is 0 Å². The van der Waals surface area contributed by atoms with E-state index in [2.05, 4.69) is 67.1 Å². The molecule has 0 atom stereocenters. The highest BCUT2D eigenvalue weighted by Crippen LogP contribution is 2.18. The van der Waals surface area contributed by atoms with Crippen LogP contribution in [0.2, 0.25) is 0 Å². The summed E-state index contributed by atoms with van der Waals surface area (Å²) in [5.74, 6) is 0. The van der Waals surface area contributed by atoms with E-state index in [-0.39, 0.29) is 0 Å². The number of rotatable bonds is 36. The lowest BCUT2D eigenvalue weighted by Crippen LogP contribution is -2.39. The van der Waals surface area contributed by atoms with Crippen LogP contribution in [0.15, 0.2) is 48.7 Å². The second-order valence-electron chi connectivity index (χ2n) is 15.7. The molecule has 1 heteroatoms. The van der Waals surface area contributed by atoms with Crippen LogP contribution in [0.25, 0.3) is 0 Å². The summed E-state index contributed by atoms with van der Waals surface area (Å²) in [6, 6.07) is 15.8. The predicted molar refractivity (Wildman–Crippen MR) is 219 cm³/mol. The van der Waals surface area contributed by atoms with E-state index in [1.807, 2.05) is 0 Å². The number of unbranched alkanes of at least 4 members (excludes halogenated alkanes) is 30. The maximum absolute atomic E-state index is 2.57. The Hall–Kier alpha value is -1.63. The summed E-state index contributed by atoms with van der Waals surface area (Å²) in [5, 5.41) is 0. The molecule has 0 bridgehead atoms. The molecule has 0 aliphatic heterocycles. The summed E-state index contributed by atoms with van der Waals surface area (Å²) in [4.78, 5) is 0. The molecular weight excluding hydrogens is 591 g/mol. The third-order valence-electron chi connectivity index (χ3n) is 11.0. The first-order chi connectivity index (χ1) is 24.3. The second kappa shape index (κ2) is 33.5. The van der Waals surface area contributed by atoms with Crippen LogP contribution in [0.5, 0.6) is 0 Å². The Balaban J connectivity index is 1.58. The number of aryl methyl sites for hydroxylation is 1. The van der Waals surface area contributed by atoms with Crippen molar-refractivity contribution < 1.29 is 4.57 Å². The standard InChI is InChI=1S/C48H84N/c1-3-5-7-9-11-13-15-17-19-21-23-25-27-29-31-36-41-47-42-38-44-49(45-46-39-34-33-35-40-46)48(47)43-37-32-30-28-26-24-22-20-18-16-14-12-10-8-6-4-2/h33-35,38-40,42,44H,3-32,36-37,41,43,45H2,1-2H3/q+1. The van der Waals surface area contributed by atoms with Crippen molar-refractivity contribution in [1.29, 1.82) is 0 Å². The van der Waals surface area contributed by atoms with E-state index in [4.69, 9.17) is 0 Å². The van der Waals surface area contributed by atoms with Gasteiger partial charge in [0.25, 0.3) is 0 Å². The van der Waals surface area contributed by atoms with Gasteiger partial charge in [-0.3, -0.25) is 0 Å². The van der Waals surface area contributed by atoms with Crippen LogP contribution in [-0.4, -0.2) is 0 Å². The number of hydrogen-bond acceptors (Lipinski definition) is 0. The first kappa shape index (κ1) is 43.5. The fourth-order valence-corrected chi connectivity index (χ4v) is 7.80. The molecule has 0 aliphatic rings. The molecule has 1 nitrogen and oxygen atoms in total. The lowest BCUT2D eigenvalue weighted by Gasteiger charge is -2.11. The van der Waals surface area contributed by atoms with Crippen molar-refractivity contribution in [3.8, 4) is 0 Å². The third kappa shape index (κ3) is 25.0. The highest BCUT2D eigenvalue weighted by Gasteiger charge is 2.16. The zero-order valence-corrected chi connectivity index (χ0v) is 33.3. The van der Waals surface area contributed by atoms with E-state index in [0.29, 0.717) is 0 Å². The fraction of sp³-hybridized carbons (Fsp3) is 0.771. The molecule has 0 unspecified atom stereocenters. The Morgan fingerprint density at radius 2 is 0.694 bits per heavy atom. The SMILES string of the molecule is CCCCCCCCCCCCCCCCCCc1ccc[n+](Cc2ccccc2)c1CCCCCCCCCCCCCCCCCC. The number of hydrogen-bond donors (Lipinski definition) is 0. The molecule has 2 rings (SSSR count). The maximum Gasteiger partial charge on any atom is 0.184 e. The fourth-order valence-electron chi connectivity index (χ4n) is 7.80. The zero-order chi connectivity index (χ0) is 34.7. The highest BCUT2D eigenvalue weighted by molar-refractivity contribution is 5.18. The van der Waals surface area contributed by atoms with Crippen molar-refractivity contribution in [1.82, 2.24) is 0 Å². The lowest BCUT2D eigenvalue weighted by molar-refractivity contribution is -0.696. The van der Waals surface area contributed by atoms with Crippen molar-refractivity contribution in [3.05, 3.63) is 65.5 Å². The Morgan fingerprint density at radius 3 is 1.08 bits per heavy atom. The molecule has 0 radical (unpaired) electrons. The van der Waals surface area contributed by atoms with Gasteiger partial charge in [0, 0.05) is 23.6 Å².